The Hall–Kier alpha value is -3.40. The average Bonchev–Trinajstić information content (AvgIpc) is 3.28. The molecular formula is C27H32Cl2N8O. The lowest BCUT2D eigenvalue weighted by atomic mass is 10.1. The van der Waals surface area contributed by atoms with Crippen LogP contribution in [0.1, 0.15) is 28.9 Å². The number of nitrogens with two attached hydrogens (primary N) is 1. The Morgan fingerprint density at radius 2 is 2.03 bits per heavy atom. The zero-order valence-corrected chi connectivity index (χ0v) is 22.8. The molecule has 38 heavy (non-hydrogen) atoms. The van der Waals surface area contributed by atoms with E-state index < -0.39 is 0 Å². The molecule has 1 aromatic carbocycles. The van der Waals surface area contributed by atoms with Crippen LogP contribution in [-0.4, -0.2) is 59.5 Å². The highest BCUT2D eigenvalue weighted by Crippen LogP contribution is 2.36. The molecule has 1 saturated carbocycles. The maximum absolute atomic E-state index is 13.4. The highest BCUT2D eigenvalue weighted by molar-refractivity contribution is 5.98. The molecule has 9 nitrogen and oxygen atoms in total. The predicted molar refractivity (Wildman–Crippen MR) is 154 cm³/mol. The van der Waals surface area contributed by atoms with Gasteiger partial charge in [-0.05, 0) is 55.2 Å². The minimum Gasteiger partial charge on any atom is -0.348 e. The number of pyridine rings is 1. The van der Waals surface area contributed by atoms with Crippen LogP contribution in [-0.2, 0) is 20.0 Å². The van der Waals surface area contributed by atoms with E-state index in [2.05, 4.69) is 36.2 Å². The second-order valence-corrected chi connectivity index (χ2v) is 9.61. The van der Waals surface area contributed by atoms with Gasteiger partial charge >= 0.3 is 0 Å². The van der Waals surface area contributed by atoms with Crippen LogP contribution >= 0.6 is 24.8 Å². The van der Waals surface area contributed by atoms with E-state index in [1.54, 1.807) is 17.4 Å². The lowest BCUT2D eigenvalue weighted by Crippen LogP contribution is -2.37. The van der Waals surface area contributed by atoms with Gasteiger partial charge in [-0.1, -0.05) is 0 Å². The van der Waals surface area contributed by atoms with E-state index in [0.29, 0.717) is 37.5 Å². The summed E-state index contributed by atoms with van der Waals surface area (Å²) in [6.45, 7) is 2.42. The van der Waals surface area contributed by atoms with Crippen molar-refractivity contribution in [2.75, 3.05) is 19.6 Å². The molecule has 0 unspecified atom stereocenters. The number of aromatic amines is 1. The first kappa shape index (κ1) is 27.6. The lowest BCUT2D eigenvalue weighted by molar-refractivity contribution is 0.0762. The van der Waals surface area contributed by atoms with Crippen LogP contribution in [0.4, 0.5) is 0 Å². The van der Waals surface area contributed by atoms with Gasteiger partial charge < -0.3 is 24.8 Å². The van der Waals surface area contributed by atoms with Crippen molar-refractivity contribution in [3.8, 4) is 11.5 Å². The largest absolute Gasteiger partial charge is 0.348 e. The molecule has 0 saturated heterocycles. The standard InChI is InChI=1S/C27H30N8O.2ClH/c1-33-23-7-6-20(27(36)34(12-9-28)11-8-21-15-29-17-31-21)13-22(23)32-26(33)24-14-19-3-2-10-30-25(19)35(24)16-18-4-5-18;;/h2-3,6-7,10,13-15,17-18H,4-5,8-9,11-12,16,28H2,1H3,(H,29,31);2*1H. The van der Waals surface area contributed by atoms with Crippen molar-refractivity contribution in [3.05, 3.63) is 66.4 Å². The third kappa shape index (κ3) is 5.27. The molecule has 4 aromatic heterocycles. The fourth-order valence-electron chi connectivity index (χ4n) is 4.91. The van der Waals surface area contributed by atoms with Crippen LogP contribution in [0.3, 0.4) is 0 Å². The summed E-state index contributed by atoms with van der Waals surface area (Å²) in [5, 5.41) is 1.12. The molecular weight excluding hydrogens is 523 g/mol. The fraction of sp³-hybridized carbons (Fsp3) is 0.333. The molecule has 1 fully saturated rings. The number of hydrogen-bond donors (Lipinski definition) is 2. The third-order valence-corrected chi connectivity index (χ3v) is 7.04. The van der Waals surface area contributed by atoms with E-state index in [9.17, 15) is 4.79 Å². The summed E-state index contributed by atoms with van der Waals surface area (Å²) in [5.74, 6) is 1.54. The van der Waals surface area contributed by atoms with Gasteiger partial charge in [0.1, 0.15) is 5.65 Å². The molecule has 1 aliphatic rings. The number of nitrogens with zero attached hydrogens (tertiary/aromatic N) is 6. The summed E-state index contributed by atoms with van der Waals surface area (Å²) < 4.78 is 4.41. The zero-order valence-electron chi connectivity index (χ0n) is 21.2. The Bertz CT molecular complexity index is 1540. The van der Waals surface area contributed by atoms with Crippen molar-refractivity contribution >= 4 is 52.8 Å². The van der Waals surface area contributed by atoms with Crippen molar-refractivity contribution in [3.63, 3.8) is 0 Å². The Kier molecular flexibility index (Phi) is 8.40. The number of rotatable bonds is 9. The van der Waals surface area contributed by atoms with Crippen molar-refractivity contribution < 1.29 is 4.79 Å². The van der Waals surface area contributed by atoms with E-state index in [4.69, 9.17) is 10.7 Å². The molecule has 5 aromatic rings. The Labute approximate surface area is 233 Å². The number of hydrogen-bond acceptors (Lipinski definition) is 5. The minimum atomic E-state index is -0.0406. The second-order valence-electron chi connectivity index (χ2n) is 9.61. The highest BCUT2D eigenvalue weighted by atomic mass is 35.5. The number of carbonyl (C=O) groups excluding carboxylic acids is 1. The Balaban J connectivity index is 0.00000168. The van der Waals surface area contributed by atoms with Gasteiger partial charge in [-0.2, -0.15) is 0 Å². The summed E-state index contributed by atoms with van der Waals surface area (Å²) in [6, 6.07) is 12.0. The van der Waals surface area contributed by atoms with E-state index >= 15 is 0 Å². The number of aromatic nitrogens is 6. The topological polar surface area (TPSA) is 111 Å². The van der Waals surface area contributed by atoms with Gasteiger partial charge in [-0.25, -0.2) is 15.0 Å². The van der Waals surface area contributed by atoms with Crippen LogP contribution in [0.5, 0.6) is 0 Å². The van der Waals surface area contributed by atoms with Crippen molar-refractivity contribution in [1.29, 1.82) is 0 Å². The summed E-state index contributed by atoms with van der Waals surface area (Å²) in [6.07, 6.45) is 8.50. The Morgan fingerprint density at radius 3 is 2.76 bits per heavy atom. The van der Waals surface area contributed by atoms with Crippen LogP contribution in [0, 0.1) is 5.92 Å². The quantitative estimate of drug-likeness (QED) is 0.283. The third-order valence-electron chi connectivity index (χ3n) is 7.04. The summed E-state index contributed by atoms with van der Waals surface area (Å²) in [5.41, 5.74) is 11.3. The molecule has 6 rings (SSSR count). The zero-order chi connectivity index (χ0) is 24.6. The summed E-state index contributed by atoms with van der Waals surface area (Å²) in [7, 11) is 2.03. The highest BCUT2D eigenvalue weighted by Gasteiger charge is 2.26. The number of benzene rings is 1. The molecule has 3 N–H and O–H groups in total. The van der Waals surface area contributed by atoms with Gasteiger partial charge in [0.05, 0.1) is 23.1 Å². The van der Waals surface area contributed by atoms with Gasteiger partial charge in [0.15, 0.2) is 5.82 Å². The number of fused-ring (bicyclic) bond motifs is 2. The molecule has 0 radical (unpaired) electrons. The van der Waals surface area contributed by atoms with Crippen LogP contribution in [0.15, 0.2) is 55.1 Å². The lowest BCUT2D eigenvalue weighted by Gasteiger charge is -2.22. The molecule has 4 heterocycles. The monoisotopic (exact) mass is 554 g/mol. The van der Waals surface area contributed by atoms with E-state index in [1.165, 1.54) is 12.8 Å². The van der Waals surface area contributed by atoms with Gasteiger partial charge in [-0.15, -0.1) is 24.8 Å². The maximum atomic E-state index is 13.4. The molecule has 0 spiro atoms. The first-order chi connectivity index (χ1) is 17.6. The van der Waals surface area contributed by atoms with Crippen molar-refractivity contribution in [1.82, 2.24) is 34.0 Å². The van der Waals surface area contributed by atoms with Crippen LogP contribution in [0.25, 0.3) is 33.6 Å². The number of aryl methyl sites for hydroxylation is 1. The summed E-state index contributed by atoms with van der Waals surface area (Å²) >= 11 is 0. The number of nitrogens with one attached hydrogen (secondary N) is 1. The minimum absolute atomic E-state index is 0. The molecule has 0 aliphatic heterocycles. The number of carbonyl (C=O) groups is 1. The Morgan fingerprint density at radius 1 is 1.18 bits per heavy atom. The van der Waals surface area contributed by atoms with Gasteiger partial charge in [-0.3, -0.25) is 4.79 Å². The molecule has 0 atom stereocenters. The van der Waals surface area contributed by atoms with Gasteiger partial charge in [0.25, 0.3) is 5.91 Å². The molecule has 1 amide bonds. The van der Waals surface area contributed by atoms with E-state index in [-0.39, 0.29) is 30.7 Å². The first-order valence-electron chi connectivity index (χ1n) is 12.5. The molecule has 11 heteroatoms. The van der Waals surface area contributed by atoms with Gasteiger partial charge in [0.2, 0.25) is 0 Å². The van der Waals surface area contributed by atoms with Gasteiger partial charge in [0, 0.05) is 68.7 Å². The number of imidazole rings is 2. The molecule has 1 aliphatic carbocycles. The first-order valence-corrected chi connectivity index (χ1v) is 12.5. The van der Waals surface area contributed by atoms with Crippen LogP contribution < -0.4 is 5.73 Å². The fourth-order valence-corrected chi connectivity index (χ4v) is 4.91. The predicted octanol–water partition coefficient (Wildman–Crippen LogP) is 4.21. The van der Waals surface area contributed by atoms with Crippen molar-refractivity contribution in [2.24, 2.45) is 18.7 Å². The smallest absolute Gasteiger partial charge is 0.253 e. The molecule has 0 bridgehead atoms. The van der Waals surface area contributed by atoms with Crippen LogP contribution in [0.2, 0.25) is 0 Å². The number of amides is 1. The summed E-state index contributed by atoms with van der Waals surface area (Å²) in [4.78, 5) is 32.0. The van der Waals surface area contributed by atoms with E-state index in [0.717, 1.165) is 45.8 Å². The van der Waals surface area contributed by atoms with E-state index in [1.807, 2.05) is 37.5 Å². The second kappa shape index (κ2) is 11.6. The molecule has 200 valence electrons. The SMILES string of the molecule is Cl.Cl.Cn1c(-c2cc3cccnc3n2CC2CC2)nc2cc(C(=O)N(CCN)CCc3cnc[nH]3)ccc21. The van der Waals surface area contributed by atoms with Crippen molar-refractivity contribution in [2.45, 2.75) is 25.8 Å². The number of H-pyrrole nitrogens is 1. The normalized spacial score (nSPS) is 12.9. The maximum Gasteiger partial charge on any atom is 0.253 e. The number of halogens is 2. The average molecular weight is 556 g/mol.